The van der Waals surface area contributed by atoms with Gasteiger partial charge >= 0.3 is 0 Å². The average Bonchev–Trinajstić information content (AvgIpc) is 3.08. The highest BCUT2D eigenvalue weighted by Crippen LogP contribution is 2.24. The molecule has 0 saturated carbocycles. The number of aromatic nitrogens is 3. The van der Waals surface area contributed by atoms with Crippen molar-refractivity contribution in [2.45, 2.75) is 38.7 Å². The zero-order valence-electron chi connectivity index (χ0n) is 15.2. The van der Waals surface area contributed by atoms with Gasteiger partial charge in [-0.3, -0.25) is 9.78 Å². The lowest BCUT2D eigenvalue weighted by atomic mass is 9.92. The summed E-state index contributed by atoms with van der Waals surface area (Å²) in [6.45, 7) is 5.49. The molecule has 1 amide bonds. The third-order valence-electron chi connectivity index (χ3n) is 4.41. The largest absolute Gasteiger partial charge is 0.386 e. The number of rotatable bonds is 6. The minimum Gasteiger partial charge on any atom is -0.386 e. The standard InChI is InChI=1S/C18H25N5O3/c1-13(2)8-14-9-15(26-22-14)17(24)21-11-18(25)4-3-7-23(12-18)16-10-19-5-6-20-16/h5-6,9-10,13,25H,3-4,7-8,11-12H2,1-2H3,(H,21,24)/t18-/m0/s1. The van der Waals surface area contributed by atoms with Crippen LogP contribution in [0.25, 0.3) is 0 Å². The van der Waals surface area contributed by atoms with Crippen LogP contribution in [0.2, 0.25) is 0 Å². The van der Waals surface area contributed by atoms with Crippen molar-refractivity contribution in [3.63, 3.8) is 0 Å². The van der Waals surface area contributed by atoms with Crippen molar-refractivity contribution in [2.24, 2.45) is 5.92 Å². The molecule has 8 heteroatoms. The number of aliphatic hydroxyl groups is 1. The van der Waals surface area contributed by atoms with Crippen molar-refractivity contribution in [1.29, 1.82) is 0 Å². The van der Waals surface area contributed by atoms with Crippen molar-refractivity contribution in [1.82, 2.24) is 20.4 Å². The fourth-order valence-corrected chi connectivity index (χ4v) is 3.17. The molecule has 3 rings (SSSR count). The van der Waals surface area contributed by atoms with Crippen LogP contribution in [0.3, 0.4) is 0 Å². The summed E-state index contributed by atoms with van der Waals surface area (Å²) in [4.78, 5) is 22.6. The number of β-amino-alcohol motifs (C(OH)–C–C–N with tert-alkyl or cyclic N) is 1. The Hall–Kier alpha value is -2.48. The highest BCUT2D eigenvalue weighted by molar-refractivity contribution is 5.91. The van der Waals surface area contributed by atoms with E-state index in [-0.39, 0.29) is 18.2 Å². The molecule has 2 aromatic heterocycles. The van der Waals surface area contributed by atoms with Gasteiger partial charge in [-0.15, -0.1) is 0 Å². The van der Waals surface area contributed by atoms with Crippen LogP contribution in [0.5, 0.6) is 0 Å². The van der Waals surface area contributed by atoms with Crippen LogP contribution in [0.4, 0.5) is 5.82 Å². The molecule has 26 heavy (non-hydrogen) atoms. The Bertz CT molecular complexity index is 733. The lowest BCUT2D eigenvalue weighted by Crippen LogP contribution is -2.54. The maximum atomic E-state index is 12.3. The van der Waals surface area contributed by atoms with Gasteiger partial charge in [-0.05, 0) is 25.2 Å². The molecule has 8 nitrogen and oxygen atoms in total. The number of piperidine rings is 1. The van der Waals surface area contributed by atoms with E-state index >= 15 is 0 Å². The molecule has 1 fully saturated rings. The van der Waals surface area contributed by atoms with Crippen LogP contribution in [-0.4, -0.2) is 51.4 Å². The van der Waals surface area contributed by atoms with Crippen molar-refractivity contribution < 1.29 is 14.4 Å². The van der Waals surface area contributed by atoms with Crippen LogP contribution < -0.4 is 10.2 Å². The van der Waals surface area contributed by atoms with E-state index in [1.807, 2.05) is 4.90 Å². The Morgan fingerprint density at radius 2 is 2.31 bits per heavy atom. The zero-order valence-corrected chi connectivity index (χ0v) is 15.2. The molecule has 0 unspecified atom stereocenters. The van der Waals surface area contributed by atoms with Gasteiger partial charge in [0.2, 0.25) is 5.76 Å². The minimum absolute atomic E-state index is 0.142. The molecular formula is C18H25N5O3. The number of anilines is 1. The molecule has 0 spiro atoms. The van der Waals surface area contributed by atoms with Crippen molar-refractivity contribution >= 4 is 11.7 Å². The van der Waals surface area contributed by atoms with Gasteiger partial charge < -0.3 is 19.8 Å². The van der Waals surface area contributed by atoms with E-state index in [4.69, 9.17) is 4.52 Å². The van der Waals surface area contributed by atoms with E-state index in [0.717, 1.165) is 30.9 Å². The van der Waals surface area contributed by atoms with Gasteiger partial charge in [0, 0.05) is 38.1 Å². The fourth-order valence-electron chi connectivity index (χ4n) is 3.17. The Morgan fingerprint density at radius 3 is 3.04 bits per heavy atom. The van der Waals surface area contributed by atoms with Gasteiger partial charge in [0.1, 0.15) is 5.82 Å². The second-order valence-corrected chi connectivity index (χ2v) is 7.28. The molecule has 0 aromatic carbocycles. The van der Waals surface area contributed by atoms with Crippen LogP contribution in [0.1, 0.15) is 42.9 Å². The fraction of sp³-hybridized carbons (Fsp3) is 0.556. The van der Waals surface area contributed by atoms with Gasteiger partial charge in [0.15, 0.2) is 0 Å². The second kappa shape index (κ2) is 7.82. The van der Waals surface area contributed by atoms with Crippen LogP contribution >= 0.6 is 0 Å². The summed E-state index contributed by atoms with van der Waals surface area (Å²) in [5, 5.41) is 17.6. The number of nitrogens with one attached hydrogen (secondary N) is 1. The van der Waals surface area contributed by atoms with Crippen LogP contribution in [0, 0.1) is 5.92 Å². The predicted molar refractivity (Wildman–Crippen MR) is 95.8 cm³/mol. The first-order chi connectivity index (χ1) is 12.5. The maximum Gasteiger partial charge on any atom is 0.290 e. The van der Waals surface area contributed by atoms with Gasteiger partial charge in [-0.1, -0.05) is 19.0 Å². The Kier molecular flexibility index (Phi) is 5.51. The van der Waals surface area contributed by atoms with Crippen molar-refractivity contribution in [3.8, 4) is 0 Å². The summed E-state index contributed by atoms with van der Waals surface area (Å²) >= 11 is 0. The SMILES string of the molecule is CC(C)Cc1cc(C(=O)NC[C@@]2(O)CCCN(c3cnccn3)C2)on1. The lowest BCUT2D eigenvalue weighted by molar-refractivity contribution is 0.0250. The summed E-state index contributed by atoms with van der Waals surface area (Å²) in [6.07, 6.45) is 7.10. The molecule has 140 valence electrons. The van der Waals surface area contributed by atoms with Gasteiger partial charge in [0.05, 0.1) is 17.5 Å². The molecule has 2 aromatic rings. The summed E-state index contributed by atoms with van der Waals surface area (Å²) in [5.41, 5.74) is -0.262. The van der Waals surface area contributed by atoms with E-state index in [0.29, 0.717) is 18.9 Å². The summed E-state index contributed by atoms with van der Waals surface area (Å²) < 4.78 is 5.12. The van der Waals surface area contributed by atoms with E-state index in [2.05, 4.69) is 34.3 Å². The number of nitrogens with zero attached hydrogens (tertiary/aromatic N) is 4. The van der Waals surface area contributed by atoms with Crippen molar-refractivity contribution in [3.05, 3.63) is 36.1 Å². The molecule has 0 bridgehead atoms. The van der Waals surface area contributed by atoms with E-state index in [9.17, 15) is 9.90 Å². The highest BCUT2D eigenvalue weighted by atomic mass is 16.5. The van der Waals surface area contributed by atoms with Gasteiger partial charge in [0.25, 0.3) is 5.91 Å². The molecule has 0 radical (unpaired) electrons. The molecule has 1 atom stereocenters. The quantitative estimate of drug-likeness (QED) is 0.804. The summed E-state index contributed by atoms with van der Waals surface area (Å²) in [7, 11) is 0. The molecular weight excluding hydrogens is 334 g/mol. The first-order valence-electron chi connectivity index (χ1n) is 8.92. The Labute approximate surface area is 152 Å². The summed E-state index contributed by atoms with van der Waals surface area (Å²) in [6, 6.07) is 1.66. The van der Waals surface area contributed by atoms with E-state index in [1.54, 1.807) is 24.7 Å². The molecule has 1 saturated heterocycles. The number of carbonyl (C=O) groups excluding carboxylic acids is 1. The first-order valence-corrected chi connectivity index (χ1v) is 8.92. The van der Waals surface area contributed by atoms with Crippen LogP contribution in [0.15, 0.2) is 29.2 Å². The first kappa shape index (κ1) is 18.3. The normalized spacial score (nSPS) is 20.4. The monoisotopic (exact) mass is 359 g/mol. The zero-order chi connectivity index (χ0) is 18.6. The molecule has 0 aliphatic carbocycles. The smallest absolute Gasteiger partial charge is 0.290 e. The third-order valence-corrected chi connectivity index (χ3v) is 4.41. The average molecular weight is 359 g/mol. The minimum atomic E-state index is -1.02. The number of amides is 1. The van der Waals surface area contributed by atoms with Crippen molar-refractivity contribution in [2.75, 3.05) is 24.5 Å². The number of carbonyl (C=O) groups is 1. The molecule has 1 aliphatic rings. The molecule has 1 aliphatic heterocycles. The van der Waals surface area contributed by atoms with Gasteiger partial charge in [-0.2, -0.15) is 0 Å². The third kappa shape index (κ3) is 4.57. The second-order valence-electron chi connectivity index (χ2n) is 7.28. The van der Waals surface area contributed by atoms with Crippen LogP contribution in [-0.2, 0) is 6.42 Å². The maximum absolute atomic E-state index is 12.3. The van der Waals surface area contributed by atoms with E-state index in [1.165, 1.54) is 0 Å². The lowest BCUT2D eigenvalue weighted by Gasteiger charge is -2.39. The Balaban J connectivity index is 1.57. The Morgan fingerprint density at radius 1 is 1.46 bits per heavy atom. The van der Waals surface area contributed by atoms with Gasteiger partial charge in [-0.25, -0.2) is 4.98 Å². The predicted octanol–water partition coefficient (Wildman–Crippen LogP) is 1.42. The number of hydrogen-bond acceptors (Lipinski definition) is 7. The summed E-state index contributed by atoms with van der Waals surface area (Å²) in [5.74, 6) is 0.972. The topological polar surface area (TPSA) is 104 Å². The number of hydrogen-bond donors (Lipinski definition) is 2. The molecule has 2 N–H and O–H groups in total. The highest BCUT2D eigenvalue weighted by Gasteiger charge is 2.34. The van der Waals surface area contributed by atoms with E-state index < -0.39 is 5.60 Å². The molecule has 3 heterocycles.